The SMILES string of the molecule is CC(C)C(=O)OCCl.CC(C)C(=O)OCOC(=O)c1[nH]nnc1OC1CCC(c2ccc(OC(F)(F)F)cc2)CC1.CC(C)C(=O)OCOC(=O)c1c(OC2CCC(c3ccc(OC(F)(F)F)cc3)CC2)nnn1C(c1ccccc1)(c1ccccc1)c1ccccc1.O=C(O)c1c(OC2CCC(c3ccc(OC(F)(F)F)cc3)CC2)nnn1C(c1ccccc1)(c1ccccc1)c1ccccc1. The maximum Gasteiger partial charge on any atom is 0.573 e. The number of ether oxygens (including phenoxy) is 11. The highest BCUT2D eigenvalue weighted by Gasteiger charge is 2.48. The number of benzene rings is 9. The van der Waals surface area contributed by atoms with Crippen LogP contribution in [0.4, 0.5) is 39.5 Å². The summed E-state index contributed by atoms with van der Waals surface area (Å²) in [5.74, 6) is -5.52. The Morgan fingerprint density at radius 2 is 0.623 bits per heavy atom. The summed E-state index contributed by atoms with van der Waals surface area (Å²) < 4.78 is 171. The highest BCUT2D eigenvalue weighted by molar-refractivity contribution is 6.17. The van der Waals surface area contributed by atoms with Crippen molar-refractivity contribution in [3.8, 4) is 34.9 Å². The van der Waals surface area contributed by atoms with Crippen LogP contribution in [0.2, 0.25) is 0 Å². The van der Waals surface area contributed by atoms with Crippen molar-refractivity contribution < 1.29 is 125 Å². The van der Waals surface area contributed by atoms with Gasteiger partial charge in [-0.05, 0) is 181 Å². The number of carbonyl (C=O) groups excluding carboxylic acids is 5. The fourth-order valence-electron chi connectivity index (χ4n) is 16.6. The van der Waals surface area contributed by atoms with Gasteiger partial charge in [-0.3, -0.25) is 14.4 Å². The summed E-state index contributed by atoms with van der Waals surface area (Å²) in [6, 6.07) is 75.3. The number of hydrogen-bond acceptors (Lipinski definition) is 23. The van der Waals surface area contributed by atoms with Crippen LogP contribution in [0.15, 0.2) is 255 Å². The number of esters is 5. The first-order valence-electron chi connectivity index (χ1n) is 44.5. The molecule has 728 valence electrons. The number of aromatic nitrogens is 9. The third kappa shape index (κ3) is 27.1. The van der Waals surface area contributed by atoms with E-state index in [0.717, 1.165) is 62.9 Å². The van der Waals surface area contributed by atoms with E-state index in [4.69, 9.17) is 44.8 Å². The molecule has 3 aromatic heterocycles. The standard InChI is InChI=1S/C40H38F3N3O6.C35H30F3N3O4.C21H24F3N3O6.C5H9ClO2/c1-27(2)37(47)49-26-50-38(48)35-36(51-33-22-18-28(19-23-33)29-20-24-34(25-21-29)52-40(41,42)43)44-45-46(35)39(30-12-6-3-7-13-30,31-14-8-4-9-15-31)32-16-10-5-11-17-32;36-35(37,38)45-30-22-18-25(19-23-30)24-16-20-29(21-17-24)44-32-31(33(42)43)41(40-39-32)34(26-10-4-1-5-11-26,27-12-6-2-7-13-27)28-14-8-3-9-15-28;1-12(2)19(28)30-11-31-20(29)17-18(26-27-25-17)32-15-7-3-13(4-8-15)14-5-9-16(10-6-14)33-21(22,23)24;1-4(2)5(7)8-3-6/h3-17,20-21,24-25,27-28,33H,18-19,22-23,26H2,1-2H3;1-15,18-19,22-24,29H,16-17,20-21H2,(H,42,43);5-6,9-10,12-13,15H,3-4,7-8,11H2,1-2H3,(H,25,26,27);4H,3H2,1-2H3. The molecule has 37 heteroatoms. The molecule has 3 saturated carbocycles. The van der Waals surface area contributed by atoms with Crippen molar-refractivity contribution in [3.05, 3.63) is 322 Å². The average Bonchev–Trinajstić information content (AvgIpc) is 1.51. The van der Waals surface area contributed by atoms with Crippen molar-refractivity contribution in [2.45, 2.75) is 185 Å². The molecule has 3 heterocycles. The van der Waals surface area contributed by atoms with Crippen LogP contribution in [0.25, 0.3) is 0 Å². The number of aromatic carboxylic acids is 1. The van der Waals surface area contributed by atoms with E-state index >= 15 is 0 Å². The maximum absolute atomic E-state index is 14.2. The predicted molar refractivity (Wildman–Crippen MR) is 483 cm³/mol. The van der Waals surface area contributed by atoms with Gasteiger partial charge < -0.3 is 57.2 Å². The largest absolute Gasteiger partial charge is 0.573 e. The Labute approximate surface area is 793 Å². The van der Waals surface area contributed by atoms with Crippen molar-refractivity contribution in [1.29, 1.82) is 0 Å². The van der Waals surface area contributed by atoms with Crippen LogP contribution < -0.4 is 28.4 Å². The van der Waals surface area contributed by atoms with Gasteiger partial charge in [0.25, 0.3) is 17.6 Å². The maximum atomic E-state index is 14.2. The van der Waals surface area contributed by atoms with Gasteiger partial charge in [0.2, 0.25) is 30.7 Å². The minimum absolute atomic E-state index is 0.00714. The molecule has 0 unspecified atom stereocenters. The summed E-state index contributed by atoms with van der Waals surface area (Å²) in [5.41, 5.74) is 4.78. The summed E-state index contributed by atoms with van der Waals surface area (Å²) in [6.45, 7) is 9.02. The zero-order valence-corrected chi connectivity index (χ0v) is 76.6. The highest BCUT2D eigenvalue weighted by Crippen LogP contribution is 2.47. The molecule has 0 radical (unpaired) electrons. The first kappa shape index (κ1) is 103. The third-order valence-corrected chi connectivity index (χ3v) is 23.3. The summed E-state index contributed by atoms with van der Waals surface area (Å²) in [6.07, 6.45) is -7.12. The number of rotatable bonds is 31. The molecule has 0 bridgehead atoms. The third-order valence-electron chi connectivity index (χ3n) is 23.2. The van der Waals surface area contributed by atoms with Crippen LogP contribution in [-0.2, 0) is 49.1 Å². The van der Waals surface area contributed by atoms with Crippen LogP contribution in [0.3, 0.4) is 0 Å². The lowest BCUT2D eigenvalue weighted by Crippen LogP contribution is -2.41. The molecule has 0 spiro atoms. The van der Waals surface area contributed by atoms with Crippen LogP contribution in [0.1, 0.15) is 218 Å². The predicted octanol–water partition coefficient (Wildman–Crippen LogP) is 21.8. The smallest absolute Gasteiger partial charge is 0.476 e. The number of H-pyrrole nitrogens is 1. The van der Waals surface area contributed by atoms with Gasteiger partial charge in [-0.25, -0.2) is 28.8 Å². The van der Waals surface area contributed by atoms with Crippen LogP contribution in [0, 0.1) is 17.8 Å². The lowest BCUT2D eigenvalue weighted by molar-refractivity contribution is -0.275. The van der Waals surface area contributed by atoms with Gasteiger partial charge in [-0.2, -0.15) is 0 Å². The van der Waals surface area contributed by atoms with Crippen molar-refractivity contribution in [1.82, 2.24) is 45.4 Å². The van der Waals surface area contributed by atoms with E-state index in [1.807, 2.05) is 182 Å². The van der Waals surface area contributed by atoms with Gasteiger partial charge in [0.05, 0.1) is 17.8 Å². The number of carboxylic acid groups (broad SMARTS) is 1. The molecule has 0 aliphatic heterocycles. The molecule has 2 N–H and O–H groups in total. The number of aromatic amines is 1. The number of carboxylic acids is 1. The molecule has 0 amide bonds. The Kier molecular flexibility index (Phi) is 35.3. The van der Waals surface area contributed by atoms with E-state index in [0.29, 0.717) is 64.2 Å². The first-order valence-corrected chi connectivity index (χ1v) is 45.0. The Balaban J connectivity index is 0.000000182. The van der Waals surface area contributed by atoms with Gasteiger partial charge >= 0.3 is 54.9 Å². The van der Waals surface area contributed by atoms with E-state index in [1.54, 1.807) is 77.9 Å². The second kappa shape index (κ2) is 47.4. The van der Waals surface area contributed by atoms with E-state index < -0.39 is 79.5 Å². The van der Waals surface area contributed by atoms with Gasteiger partial charge in [0, 0.05) is 0 Å². The number of hydrogen-bond donors (Lipinski definition) is 2. The molecule has 0 saturated heterocycles. The van der Waals surface area contributed by atoms with Crippen molar-refractivity contribution in [2.24, 2.45) is 17.8 Å². The van der Waals surface area contributed by atoms with Gasteiger partial charge in [0.1, 0.15) is 46.6 Å². The summed E-state index contributed by atoms with van der Waals surface area (Å²) >= 11 is 5.10. The molecule has 27 nitrogen and oxygen atoms in total. The first-order chi connectivity index (χ1) is 66.1. The minimum Gasteiger partial charge on any atom is -0.476 e. The molecule has 9 aromatic carbocycles. The number of nitrogens with one attached hydrogen (secondary N) is 1. The van der Waals surface area contributed by atoms with E-state index in [2.05, 4.69) is 55.0 Å². The summed E-state index contributed by atoms with van der Waals surface area (Å²) in [7, 11) is 0. The molecular weight excluding hydrogens is 1830 g/mol. The van der Waals surface area contributed by atoms with E-state index in [9.17, 15) is 73.4 Å². The van der Waals surface area contributed by atoms with Crippen LogP contribution >= 0.6 is 11.6 Å². The molecule has 3 aliphatic rings. The molecule has 3 aliphatic carbocycles. The van der Waals surface area contributed by atoms with Crippen molar-refractivity contribution >= 4 is 47.4 Å². The summed E-state index contributed by atoms with van der Waals surface area (Å²) in [4.78, 5) is 73.4. The molecule has 0 atom stereocenters. The van der Waals surface area contributed by atoms with Crippen LogP contribution in [0.5, 0.6) is 34.9 Å². The van der Waals surface area contributed by atoms with Crippen molar-refractivity contribution in [2.75, 3.05) is 19.7 Å². The zero-order valence-electron chi connectivity index (χ0n) is 75.8. The lowest BCUT2D eigenvalue weighted by atomic mass is 9.77. The Morgan fingerprint density at radius 3 is 0.891 bits per heavy atom. The number of alkyl halides is 10. The number of carbonyl (C=O) groups is 6. The van der Waals surface area contributed by atoms with Gasteiger partial charge in [-0.15, -0.1) is 39.5 Å². The van der Waals surface area contributed by atoms with Gasteiger partial charge in [-0.1, -0.05) is 302 Å². The van der Waals surface area contributed by atoms with Crippen LogP contribution in [-0.4, -0.2) is 143 Å². The lowest BCUT2D eigenvalue weighted by Gasteiger charge is -2.36. The topological polar surface area (TPSA) is 327 Å². The second-order valence-electron chi connectivity index (χ2n) is 33.4. The number of nitrogens with zero attached hydrogens (tertiary/aromatic N) is 8. The zero-order chi connectivity index (χ0) is 98.7. The molecule has 15 rings (SSSR count). The Hall–Kier alpha value is -14.3. The second-order valence-corrected chi connectivity index (χ2v) is 33.6. The molecular formula is C101H101ClF9N9O18. The fraction of sp³-hybridized carbons (Fsp3) is 0.347. The van der Waals surface area contributed by atoms with Gasteiger partial charge in [0.15, 0.2) is 6.07 Å². The number of halogens is 10. The Bertz CT molecular complexity index is 5700. The van der Waals surface area contributed by atoms with E-state index in [1.165, 1.54) is 45.8 Å². The Morgan fingerprint density at radius 1 is 0.355 bits per heavy atom. The monoisotopic (exact) mass is 1930 g/mol. The molecule has 12 aromatic rings. The van der Waals surface area contributed by atoms with Crippen molar-refractivity contribution in [3.63, 3.8) is 0 Å². The minimum atomic E-state index is -4.76. The summed E-state index contributed by atoms with van der Waals surface area (Å²) in [5, 5.41) is 38.2. The molecule has 138 heavy (non-hydrogen) atoms. The average molecular weight is 1940 g/mol. The fourth-order valence-corrected chi connectivity index (χ4v) is 16.7. The quantitative estimate of drug-likeness (QED) is 0.0102. The molecule has 3 fully saturated rings. The van der Waals surface area contributed by atoms with E-state index in [-0.39, 0.29) is 112 Å². The highest BCUT2D eigenvalue weighted by atomic mass is 35.5. The normalized spacial score (nSPS) is 16.7.